The maximum atomic E-state index is 13.4. The fourth-order valence-corrected chi connectivity index (χ4v) is 7.76. The van der Waals surface area contributed by atoms with Crippen molar-refractivity contribution in [3.63, 3.8) is 0 Å². The van der Waals surface area contributed by atoms with E-state index in [2.05, 4.69) is 16.5 Å². The van der Waals surface area contributed by atoms with Crippen LogP contribution >= 0.6 is 11.8 Å². The van der Waals surface area contributed by atoms with Crippen LogP contribution in [0.5, 0.6) is 0 Å². The number of para-hydroxylation sites is 2. The van der Waals surface area contributed by atoms with Gasteiger partial charge in [0.25, 0.3) is 0 Å². The smallest absolute Gasteiger partial charge is 0.243 e. The summed E-state index contributed by atoms with van der Waals surface area (Å²) in [4.78, 5) is 13.3. The highest BCUT2D eigenvalue weighted by atomic mass is 32.2. The van der Waals surface area contributed by atoms with Gasteiger partial charge in [-0.05, 0) is 61.9 Å². The number of ether oxygens (including phenoxy) is 1. The van der Waals surface area contributed by atoms with Crippen LogP contribution in [-0.4, -0.2) is 58.0 Å². The molecule has 2 aromatic heterocycles. The van der Waals surface area contributed by atoms with E-state index in [1.165, 1.54) is 0 Å². The zero-order chi connectivity index (χ0) is 24.7. The van der Waals surface area contributed by atoms with E-state index >= 15 is 0 Å². The molecule has 10 heteroatoms. The number of hydrogen-bond donors (Lipinski definition) is 1. The minimum Gasteiger partial charge on any atom is -0.376 e. The number of piperidine rings is 1. The van der Waals surface area contributed by atoms with Gasteiger partial charge in [-0.1, -0.05) is 30.8 Å². The van der Waals surface area contributed by atoms with Gasteiger partial charge >= 0.3 is 0 Å². The number of aromatic nitrogens is 4. The van der Waals surface area contributed by atoms with Gasteiger partial charge in [-0.15, -0.1) is 0 Å². The number of H-pyrrole nitrogens is 1. The summed E-state index contributed by atoms with van der Waals surface area (Å²) in [5.74, 6) is 1.91. The molecule has 0 amide bonds. The molecule has 4 heterocycles. The number of imidazole rings is 2. The lowest BCUT2D eigenvalue weighted by Gasteiger charge is -2.30. The van der Waals surface area contributed by atoms with Gasteiger partial charge in [0.1, 0.15) is 5.82 Å². The maximum Gasteiger partial charge on any atom is 0.243 e. The summed E-state index contributed by atoms with van der Waals surface area (Å²) in [6.45, 7) is 4.76. The van der Waals surface area contributed by atoms with Gasteiger partial charge in [-0.2, -0.15) is 4.31 Å². The number of aromatic amines is 1. The molecule has 2 aromatic carbocycles. The van der Waals surface area contributed by atoms with Crippen LogP contribution in [0.2, 0.25) is 0 Å². The lowest BCUT2D eigenvalue weighted by Crippen LogP contribution is -2.39. The number of fused-ring (bicyclic) bond motifs is 2. The predicted molar refractivity (Wildman–Crippen MR) is 142 cm³/mol. The van der Waals surface area contributed by atoms with Crippen LogP contribution in [0.1, 0.15) is 38.4 Å². The summed E-state index contributed by atoms with van der Waals surface area (Å²) < 4.78 is 36.5. The van der Waals surface area contributed by atoms with Crippen molar-refractivity contribution in [1.29, 1.82) is 0 Å². The first kappa shape index (κ1) is 24.0. The first-order valence-corrected chi connectivity index (χ1v) is 15.1. The van der Waals surface area contributed by atoms with Gasteiger partial charge in [0, 0.05) is 19.7 Å². The van der Waals surface area contributed by atoms with Gasteiger partial charge in [0.15, 0.2) is 5.16 Å². The van der Waals surface area contributed by atoms with Crippen molar-refractivity contribution in [2.24, 2.45) is 5.92 Å². The van der Waals surface area contributed by atoms with Crippen molar-refractivity contribution < 1.29 is 13.2 Å². The summed E-state index contributed by atoms with van der Waals surface area (Å²) in [5.41, 5.74) is 3.60. The molecular formula is C26H31N5O3S2. The number of benzene rings is 2. The highest BCUT2D eigenvalue weighted by Crippen LogP contribution is 2.31. The Kier molecular flexibility index (Phi) is 6.53. The van der Waals surface area contributed by atoms with E-state index in [9.17, 15) is 8.42 Å². The summed E-state index contributed by atoms with van der Waals surface area (Å²) in [7, 11) is -3.54. The topological polar surface area (TPSA) is 93.1 Å². The second-order valence-corrected chi connectivity index (χ2v) is 12.8. The fourth-order valence-electron chi connectivity index (χ4n) is 5.25. The molecule has 2 fully saturated rings. The van der Waals surface area contributed by atoms with Gasteiger partial charge in [0.05, 0.1) is 45.4 Å². The normalized spacial score (nSPS) is 21.6. The quantitative estimate of drug-likeness (QED) is 0.348. The molecule has 0 aliphatic carbocycles. The molecule has 8 nitrogen and oxygen atoms in total. The van der Waals surface area contributed by atoms with E-state index in [4.69, 9.17) is 14.7 Å². The van der Waals surface area contributed by atoms with Gasteiger partial charge < -0.3 is 14.3 Å². The average molecular weight is 526 g/mol. The Morgan fingerprint density at radius 2 is 2.00 bits per heavy atom. The fraction of sp³-hybridized carbons (Fsp3) is 0.462. The molecule has 2 aliphatic rings. The van der Waals surface area contributed by atoms with Crippen LogP contribution in [0.4, 0.5) is 0 Å². The second-order valence-electron chi connectivity index (χ2n) is 9.89. The highest BCUT2D eigenvalue weighted by Gasteiger charge is 2.29. The molecular weight excluding hydrogens is 494 g/mol. The third-order valence-electron chi connectivity index (χ3n) is 7.13. The van der Waals surface area contributed by atoms with Gasteiger partial charge in [-0.3, -0.25) is 0 Å². The predicted octanol–water partition coefficient (Wildman–Crippen LogP) is 4.80. The van der Waals surface area contributed by atoms with E-state index in [-0.39, 0.29) is 6.10 Å². The first-order chi connectivity index (χ1) is 17.5. The zero-order valence-electron chi connectivity index (χ0n) is 20.4. The minimum absolute atomic E-state index is 0.145. The Morgan fingerprint density at radius 3 is 2.81 bits per heavy atom. The average Bonchev–Trinajstić information content (AvgIpc) is 3.61. The monoisotopic (exact) mass is 525 g/mol. The van der Waals surface area contributed by atoms with E-state index in [1.54, 1.807) is 28.2 Å². The lowest BCUT2D eigenvalue weighted by molar-refractivity contribution is 0.0960. The van der Waals surface area contributed by atoms with E-state index in [1.807, 2.05) is 30.3 Å². The molecule has 0 unspecified atom stereocenters. The van der Waals surface area contributed by atoms with Crippen LogP contribution < -0.4 is 0 Å². The van der Waals surface area contributed by atoms with Gasteiger partial charge in [0.2, 0.25) is 10.0 Å². The van der Waals surface area contributed by atoms with Crippen molar-refractivity contribution in [1.82, 2.24) is 23.8 Å². The molecule has 36 heavy (non-hydrogen) atoms. The molecule has 2 saturated heterocycles. The molecule has 2 aliphatic heterocycles. The van der Waals surface area contributed by atoms with Crippen LogP contribution in [0, 0.1) is 5.92 Å². The number of rotatable bonds is 7. The SMILES string of the molecule is C[C@@H]1CCCN(S(=O)(=O)c2ccc3c(c2)nc(SCc2nc4ccccc4[nH]2)n3C[C@@H]2CCCO2)C1. The third-order valence-corrected chi connectivity index (χ3v) is 9.98. The molecule has 0 bridgehead atoms. The summed E-state index contributed by atoms with van der Waals surface area (Å²) in [6.07, 6.45) is 4.21. The van der Waals surface area contributed by atoms with Gasteiger partial charge in [-0.25, -0.2) is 18.4 Å². The van der Waals surface area contributed by atoms with Crippen LogP contribution in [0.15, 0.2) is 52.5 Å². The van der Waals surface area contributed by atoms with Crippen LogP contribution in [0.3, 0.4) is 0 Å². The minimum atomic E-state index is -3.54. The van der Waals surface area contributed by atoms with Crippen LogP contribution in [-0.2, 0) is 27.1 Å². The number of hydrogen-bond acceptors (Lipinski definition) is 6. The second kappa shape index (κ2) is 9.81. The molecule has 190 valence electrons. The van der Waals surface area contributed by atoms with Crippen molar-refractivity contribution >= 4 is 43.9 Å². The maximum absolute atomic E-state index is 13.4. The molecule has 0 saturated carbocycles. The number of nitrogens with zero attached hydrogens (tertiary/aromatic N) is 4. The summed E-state index contributed by atoms with van der Waals surface area (Å²) >= 11 is 1.61. The lowest BCUT2D eigenvalue weighted by atomic mass is 10.0. The number of thioether (sulfide) groups is 1. The van der Waals surface area contributed by atoms with Crippen molar-refractivity contribution in [2.75, 3.05) is 19.7 Å². The third kappa shape index (κ3) is 4.67. The molecule has 6 rings (SSSR count). The zero-order valence-corrected chi connectivity index (χ0v) is 22.0. The molecule has 2 atom stereocenters. The van der Waals surface area contributed by atoms with E-state index in [0.29, 0.717) is 41.7 Å². The van der Waals surface area contributed by atoms with Crippen molar-refractivity contribution in [2.45, 2.75) is 61.1 Å². The van der Waals surface area contributed by atoms with E-state index in [0.717, 1.165) is 59.8 Å². The largest absolute Gasteiger partial charge is 0.376 e. The standard InChI is InChI=1S/C26H31N5O3S2/c1-18-6-4-12-30(15-18)36(32,33)20-10-11-24-23(14-20)29-26(31(24)16-19-7-5-13-34-19)35-17-25-27-21-8-2-3-9-22(21)28-25/h2-3,8-11,14,18-19H,4-7,12-13,15-17H2,1H3,(H,27,28)/t18-,19+/m1/s1. The molecule has 4 aromatic rings. The number of sulfonamides is 1. The highest BCUT2D eigenvalue weighted by molar-refractivity contribution is 7.98. The number of nitrogens with one attached hydrogen (secondary N) is 1. The Bertz CT molecular complexity index is 1460. The molecule has 0 radical (unpaired) electrons. The summed E-state index contributed by atoms with van der Waals surface area (Å²) in [6, 6.07) is 13.4. The summed E-state index contributed by atoms with van der Waals surface area (Å²) in [5, 5.41) is 0.849. The Morgan fingerprint density at radius 1 is 1.11 bits per heavy atom. The van der Waals surface area contributed by atoms with Crippen molar-refractivity contribution in [3.05, 3.63) is 48.3 Å². The first-order valence-electron chi connectivity index (χ1n) is 12.7. The van der Waals surface area contributed by atoms with E-state index < -0.39 is 10.0 Å². The Hall–Kier alpha value is -2.40. The molecule has 1 N–H and O–H groups in total. The Balaban J connectivity index is 1.32. The Labute approximate surface area is 215 Å². The van der Waals surface area contributed by atoms with Crippen LogP contribution in [0.25, 0.3) is 22.1 Å². The van der Waals surface area contributed by atoms with Crippen molar-refractivity contribution in [3.8, 4) is 0 Å². The molecule has 0 spiro atoms.